The highest BCUT2D eigenvalue weighted by Crippen LogP contribution is 2.43. The van der Waals surface area contributed by atoms with Crippen LogP contribution in [-0.4, -0.2) is 92.4 Å². The van der Waals surface area contributed by atoms with Crippen LogP contribution in [0.5, 0.6) is 5.88 Å². The first-order valence-corrected chi connectivity index (χ1v) is 17.6. The van der Waals surface area contributed by atoms with Gasteiger partial charge in [-0.25, -0.2) is 14.4 Å². The molecule has 0 saturated carbocycles. The number of anilines is 1. The third-order valence-corrected chi connectivity index (χ3v) is 10.5. The van der Waals surface area contributed by atoms with Gasteiger partial charge in [0.15, 0.2) is 5.82 Å². The molecule has 12 heteroatoms. The molecule has 6 heterocycles. The number of rotatable bonds is 8. The fraction of sp³-hybridized carbons (Fsp3) is 0.385. The number of halogens is 1. The number of likely N-dealkylation sites (tertiary alicyclic amines) is 1. The van der Waals surface area contributed by atoms with E-state index in [-0.39, 0.29) is 30.3 Å². The third kappa shape index (κ3) is 6.33. The van der Waals surface area contributed by atoms with Crippen LogP contribution in [-0.2, 0) is 23.2 Å². The fourth-order valence-corrected chi connectivity index (χ4v) is 7.77. The van der Waals surface area contributed by atoms with E-state index in [0.29, 0.717) is 68.5 Å². The van der Waals surface area contributed by atoms with E-state index >= 15 is 4.39 Å². The van der Waals surface area contributed by atoms with Crippen LogP contribution in [0.1, 0.15) is 55.4 Å². The van der Waals surface area contributed by atoms with E-state index < -0.39 is 5.41 Å². The molecular formula is C39H41FN8O3. The van der Waals surface area contributed by atoms with E-state index in [1.807, 2.05) is 54.0 Å². The smallest absolute Gasteiger partial charge is 0.237 e. The summed E-state index contributed by atoms with van der Waals surface area (Å²) in [6.45, 7) is 7.67. The van der Waals surface area contributed by atoms with Gasteiger partial charge in [-0.2, -0.15) is 5.10 Å². The second-order valence-electron chi connectivity index (χ2n) is 14.3. The lowest BCUT2D eigenvalue weighted by molar-refractivity contribution is -0.132. The molecule has 2 fully saturated rings. The number of hydrogen-bond donors (Lipinski definition) is 0. The van der Waals surface area contributed by atoms with Crippen molar-refractivity contribution in [2.45, 2.75) is 45.8 Å². The average molecular weight is 689 g/mol. The molecule has 4 aromatic rings. The summed E-state index contributed by atoms with van der Waals surface area (Å²) in [5.74, 6) is 0.900. The fourth-order valence-electron chi connectivity index (χ4n) is 7.77. The van der Waals surface area contributed by atoms with Gasteiger partial charge in [0.05, 0.1) is 30.3 Å². The number of hydrogen-bond acceptors (Lipinski definition) is 8. The van der Waals surface area contributed by atoms with Crippen molar-refractivity contribution >= 4 is 28.8 Å². The SMILES string of the molecule is CC(C)Oc1ccc(C2=NCc3ccc(N4CC[C@]5(CCN(CC(=O)N6CC=C(c7ccc(-c8ncn(C)n8)cc7F)CC6)C5)C4=O)cc32)cn1. The van der Waals surface area contributed by atoms with Crippen molar-refractivity contribution in [2.24, 2.45) is 17.5 Å². The van der Waals surface area contributed by atoms with Gasteiger partial charge in [0.1, 0.15) is 12.1 Å². The lowest BCUT2D eigenvalue weighted by Crippen LogP contribution is -2.43. The van der Waals surface area contributed by atoms with Gasteiger partial charge in [-0.1, -0.05) is 24.3 Å². The first kappa shape index (κ1) is 32.9. The number of fused-ring (bicyclic) bond motifs is 1. The summed E-state index contributed by atoms with van der Waals surface area (Å²) in [6, 6.07) is 15.1. The maximum Gasteiger partial charge on any atom is 0.237 e. The van der Waals surface area contributed by atoms with Crippen LogP contribution in [0.15, 0.2) is 72.1 Å². The summed E-state index contributed by atoms with van der Waals surface area (Å²) in [7, 11) is 1.77. The topological polar surface area (TPSA) is 109 Å². The van der Waals surface area contributed by atoms with Crippen molar-refractivity contribution in [2.75, 3.05) is 44.2 Å². The largest absolute Gasteiger partial charge is 0.475 e. The lowest BCUT2D eigenvalue weighted by Gasteiger charge is -2.29. The zero-order valence-corrected chi connectivity index (χ0v) is 29.2. The molecule has 2 amide bonds. The zero-order valence-electron chi connectivity index (χ0n) is 29.2. The molecule has 0 bridgehead atoms. The normalized spacial score (nSPS) is 20.4. The van der Waals surface area contributed by atoms with Crippen LogP contribution >= 0.6 is 0 Å². The molecule has 8 rings (SSSR count). The van der Waals surface area contributed by atoms with Gasteiger partial charge < -0.3 is 14.5 Å². The van der Waals surface area contributed by atoms with Gasteiger partial charge in [0, 0.05) is 73.4 Å². The van der Waals surface area contributed by atoms with Crippen molar-refractivity contribution in [3.63, 3.8) is 0 Å². The molecule has 0 radical (unpaired) electrons. The Labute approximate surface area is 296 Å². The number of amides is 2. The Morgan fingerprint density at radius 3 is 2.57 bits per heavy atom. The molecule has 2 aromatic heterocycles. The Morgan fingerprint density at radius 2 is 1.84 bits per heavy atom. The monoisotopic (exact) mass is 688 g/mol. The summed E-state index contributed by atoms with van der Waals surface area (Å²) in [5.41, 5.74) is 6.40. The van der Waals surface area contributed by atoms with E-state index in [1.165, 1.54) is 6.07 Å². The van der Waals surface area contributed by atoms with Gasteiger partial charge >= 0.3 is 0 Å². The number of carbonyl (C=O) groups is 2. The Hall–Kier alpha value is -5.23. The van der Waals surface area contributed by atoms with Crippen LogP contribution in [0.25, 0.3) is 17.0 Å². The highest BCUT2D eigenvalue weighted by atomic mass is 19.1. The van der Waals surface area contributed by atoms with Gasteiger partial charge in [-0.15, -0.1) is 0 Å². The molecule has 2 saturated heterocycles. The van der Waals surface area contributed by atoms with Crippen LogP contribution in [0.4, 0.5) is 10.1 Å². The van der Waals surface area contributed by atoms with Gasteiger partial charge in [0.2, 0.25) is 17.7 Å². The highest BCUT2D eigenvalue weighted by Gasteiger charge is 2.51. The molecule has 1 atom stereocenters. The number of ether oxygens (including phenoxy) is 1. The van der Waals surface area contributed by atoms with Crippen molar-refractivity contribution in [1.29, 1.82) is 0 Å². The molecule has 1 spiro atoms. The number of nitrogens with zero attached hydrogens (tertiary/aromatic N) is 8. The standard InChI is InChI=1S/C39H41FN8O3/c1-25(2)51-34-9-6-29(21-41-34)36-32-19-30(7-4-28(32)20-42-36)48-17-13-39(38(48)50)12-16-46(23-39)22-35(49)47-14-10-26(11-15-47)31-8-5-27(18-33(31)40)37-43-24-45(3)44-37/h4-10,18-19,21,24-25H,11-17,20,22-23H2,1-3H3/t39-/m0/s1. The van der Waals surface area contributed by atoms with Crippen molar-refractivity contribution < 1.29 is 18.7 Å². The molecule has 2 aromatic carbocycles. The van der Waals surface area contributed by atoms with Crippen molar-refractivity contribution in [3.05, 3.63) is 95.2 Å². The predicted octanol–water partition coefficient (Wildman–Crippen LogP) is 4.90. The summed E-state index contributed by atoms with van der Waals surface area (Å²) < 4.78 is 22.4. The number of aliphatic imine (C=N–C) groups is 1. The van der Waals surface area contributed by atoms with Gasteiger partial charge in [0.25, 0.3) is 0 Å². The van der Waals surface area contributed by atoms with Gasteiger partial charge in [-0.05, 0) is 75.1 Å². The van der Waals surface area contributed by atoms with E-state index in [2.05, 4.69) is 32.1 Å². The molecule has 262 valence electrons. The van der Waals surface area contributed by atoms with E-state index in [9.17, 15) is 9.59 Å². The second-order valence-corrected chi connectivity index (χ2v) is 14.3. The highest BCUT2D eigenvalue weighted by molar-refractivity contribution is 6.16. The first-order chi connectivity index (χ1) is 24.7. The molecule has 0 unspecified atom stereocenters. The van der Waals surface area contributed by atoms with E-state index in [0.717, 1.165) is 46.5 Å². The number of aromatic nitrogens is 4. The second kappa shape index (κ2) is 13.1. The van der Waals surface area contributed by atoms with Crippen LogP contribution < -0.4 is 9.64 Å². The number of aryl methyl sites for hydroxylation is 1. The Bertz CT molecular complexity index is 2070. The van der Waals surface area contributed by atoms with E-state index in [4.69, 9.17) is 9.73 Å². The summed E-state index contributed by atoms with van der Waals surface area (Å²) in [5, 5.41) is 4.26. The number of benzene rings is 2. The molecule has 4 aliphatic heterocycles. The maximum absolute atomic E-state index is 15.1. The number of carbonyl (C=O) groups excluding carboxylic acids is 2. The van der Waals surface area contributed by atoms with Crippen molar-refractivity contribution in [3.8, 4) is 17.3 Å². The van der Waals surface area contributed by atoms with E-state index in [1.54, 1.807) is 30.3 Å². The summed E-state index contributed by atoms with van der Waals surface area (Å²) in [6.07, 6.45) is 7.44. The lowest BCUT2D eigenvalue weighted by atomic mass is 9.85. The quantitative estimate of drug-likeness (QED) is 0.259. The Kier molecular flexibility index (Phi) is 8.49. The van der Waals surface area contributed by atoms with Crippen LogP contribution in [0.2, 0.25) is 0 Å². The van der Waals surface area contributed by atoms with Gasteiger partial charge in [-0.3, -0.25) is 24.2 Å². The average Bonchev–Trinajstić information content (AvgIpc) is 3.92. The zero-order chi connectivity index (χ0) is 35.3. The van der Waals surface area contributed by atoms with Crippen LogP contribution in [0.3, 0.4) is 0 Å². The molecule has 0 aliphatic carbocycles. The first-order valence-electron chi connectivity index (χ1n) is 17.6. The van der Waals surface area contributed by atoms with Crippen molar-refractivity contribution in [1.82, 2.24) is 29.5 Å². The maximum atomic E-state index is 15.1. The third-order valence-electron chi connectivity index (χ3n) is 10.5. The Balaban J connectivity index is 0.883. The molecule has 0 N–H and O–H groups in total. The minimum Gasteiger partial charge on any atom is -0.475 e. The molecule has 11 nitrogen and oxygen atoms in total. The molecule has 51 heavy (non-hydrogen) atoms. The minimum absolute atomic E-state index is 0.0328. The number of pyridine rings is 1. The molecular weight excluding hydrogens is 647 g/mol. The Morgan fingerprint density at radius 1 is 1.00 bits per heavy atom. The predicted molar refractivity (Wildman–Crippen MR) is 192 cm³/mol. The van der Waals surface area contributed by atoms with Crippen LogP contribution in [0, 0.1) is 11.2 Å². The minimum atomic E-state index is -0.490. The molecule has 4 aliphatic rings. The summed E-state index contributed by atoms with van der Waals surface area (Å²) >= 11 is 0. The summed E-state index contributed by atoms with van der Waals surface area (Å²) in [4.78, 5) is 46.8.